The Balaban J connectivity index is 2.74. The second-order valence-corrected chi connectivity index (χ2v) is 6.15. The molecule has 0 saturated heterocycles. The molecule has 7 nitrogen and oxygen atoms in total. The van der Waals surface area contributed by atoms with Gasteiger partial charge in [-0.3, -0.25) is 9.59 Å². The van der Waals surface area contributed by atoms with Crippen molar-refractivity contribution in [1.29, 1.82) is 0 Å². The maximum atomic E-state index is 14.0. The van der Waals surface area contributed by atoms with Gasteiger partial charge in [0, 0.05) is 18.8 Å². The number of carboxylic acid groups (broad SMARTS) is 1. The molecule has 0 radical (unpaired) electrons. The standard InChI is InChI=1S/C20H27FO7/c1-5-26-20(27-6-2)17(23)15(13(4)22)8-7-11-28-18-12(3)14(19(24)25)9-10-16(18)21/h9-10,15,20H,5-8,11H2,1-4H3,(H,24,25). The monoisotopic (exact) mass is 398 g/mol. The van der Waals surface area contributed by atoms with Crippen LogP contribution in [0.2, 0.25) is 0 Å². The first kappa shape index (κ1) is 23.7. The Hall–Kier alpha value is -2.32. The number of halogens is 1. The molecule has 0 spiro atoms. The van der Waals surface area contributed by atoms with E-state index in [0.29, 0.717) is 0 Å². The van der Waals surface area contributed by atoms with Crippen LogP contribution in [0.4, 0.5) is 4.39 Å². The molecule has 0 saturated carbocycles. The molecule has 1 aromatic rings. The van der Waals surface area contributed by atoms with Crippen molar-refractivity contribution in [2.45, 2.75) is 46.8 Å². The SMILES string of the molecule is CCOC(OCC)C(=O)C(CCCOc1c(F)ccc(C(=O)O)c1C)C(C)=O. The second kappa shape index (κ2) is 11.5. The average molecular weight is 398 g/mol. The number of ether oxygens (including phenoxy) is 3. The van der Waals surface area contributed by atoms with Crippen molar-refractivity contribution in [2.24, 2.45) is 5.92 Å². The molecule has 156 valence electrons. The van der Waals surface area contributed by atoms with E-state index in [1.54, 1.807) is 13.8 Å². The summed E-state index contributed by atoms with van der Waals surface area (Å²) in [5, 5.41) is 9.11. The molecule has 1 N–H and O–H groups in total. The van der Waals surface area contributed by atoms with Gasteiger partial charge in [-0.1, -0.05) is 0 Å². The van der Waals surface area contributed by atoms with E-state index < -0.39 is 29.8 Å². The number of aromatic carboxylic acids is 1. The predicted molar refractivity (Wildman–Crippen MR) is 99.0 cm³/mol. The van der Waals surface area contributed by atoms with Crippen molar-refractivity contribution < 1.29 is 38.1 Å². The van der Waals surface area contributed by atoms with Gasteiger partial charge in [-0.15, -0.1) is 0 Å². The minimum Gasteiger partial charge on any atom is -0.490 e. The topological polar surface area (TPSA) is 99.1 Å². The molecule has 28 heavy (non-hydrogen) atoms. The highest BCUT2D eigenvalue weighted by atomic mass is 19.1. The van der Waals surface area contributed by atoms with Gasteiger partial charge in [-0.25, -0.2) is 9.18 Å². The molecule has 1 aromatic carbocycles. The number of benzene rings is 1. The van der Waals surface area contributed by atoms with E-state index in [0.717, 1.165) is 6.07 Å². The molecule has 1 rings (SSSR count). The summed E-state index contributed by atoms with van der Waals surface area (Å²) >= 11 is 0. The zero-order valence-electron chi connectivity index (χ0n) is 16.6. The van der Waals surface area contributed by atoms with E-state index in [9.17, 15) is 18.8 Å². The van der Waals surface area contributed by atoms with Crippen molar-refractivity contribution in [2.75, 3.05) is 19.8 Å². The molecule has 0 aromatic heterocycles. The van der Waals surface area contributed by atoms with Crippen molar-refractivity contribution >= 4 is 17.5 Å². The minimum atomic E-state index is -1.18. The summed E-state index contributed by atoms with van der Waals surface area (Å²) in [6, 6.07) is 2.20. The van der Waals surface area contributed by atoms with Crippen molar-refractivity contribution in [3.05, 3.63) is 29.1 Å². The van der Waals surface area contributed by atoms with Crippen LogP contribution >= 0.6 is 0 Å². The molecular formula is C20H27FO7. The minimum absolute atomic E-state index is 0.0197. The van der Waals surface area contributed by atoms with Crippen LogP contribution < -0.4 is 4.74 Å². The Bertz CT molecular complexity index is 696. The smallest absolute Gasteiger partial charge is 0.336 e. The third-order valence-electron chi connectivity index (χ3n) is 4.17. The molecule has 0 aliphatic rings. The summed E-state index contributed by atoms with van der Waals surface area (Å²) in [6.45, 7) is 6.77. The first-order chi connectivity index (χ1) is 13.2. The first-order valence-electron chi connectivity index (χ1n) is 9.17. The fourth-order valence-corrected chi connectivity index (χ4v) is 2.75. The fraction of sp³-hybridized carbons (Fsp3) is 0.550. The number of rotatable bonds is 13. The number of hydrogen-bond acceptors (Lipinski definition) is 6. The highest BCUT2D eigenvalue weighted by Gasteiger charge is 2.31. The lowest BCUT2D eigenvalue weighted by Crippen LogP contribution is -2.36. The van der Waals surface area contributed by atoms with Gasteiger partial charge in [0.15, 0.2) is 17.3 Å². The van der Waals surface area contributed by atoms with Crippen LogP contribution in [0.15, 0.2) is 12.1 Å². The Morgan fingerprint density at radius 2 is 1.75 bits per heavy atom. The van der Waals surface area contributed by atoms with Crippen LogP contribution in [0.25, 0.3) is 0 Å². The van der Waals surface area contributed by atoms with Crippen LogP contribution in [-0.2, 0) is 19.1 Å². The number of hydrogen-bond donors (Lipinski definition) is 1. The van der Waals surface area contributed by atoms with E-state index >= 15 is 0 Å². The van der Waals surface area contributed by atoms with Crippen LogP contribution in [0.3, 0.4) is 0 Å². The van der Waals surface area contributed by atoms with Gasteiger partial charge in [-0.2, -0.15) is 0 Å². The molecule has 0 aliphatic carbocycles. The van der Waals surface area contributed by atoms with Gasteiger partial charge < -0.3 is 19.3 Å². The van der Waals surface area contributed by atoms with Gasteiger partial charge in [0.2, 0.25) is 6.29 Å². The largest absolute Gasteiger partial charge is 0.490 e. The summed E-state index contributed by atoms with van der Waals surface area (Å²) in [4.78, 5) is 35.6. The number of ketones is 2. The lowest BCUT2D eigenvalue weighted by Gasteiger charge is -2.20. The van der Waals surface area contributed by atoms with Crippen LogP contribution in [-0.4, -0.2) is 48.8 Å². The maximum absolute atomic E-state index is 14.0. The normalized spacial score (nSPS) is 12.1. The summed E-state index contributed by atoms with van der Waals surface area (Å²) in [7, 11) is 0. The maximum Gasteiger partial charge on any atom is 0.336 e. The van der Waals surface area contributed by atoms with Gasteiger partial charge in [0.25, 0.3) is 0 Å². The molecule has 1 unspecified atom stereocenters. The average Bonchev–Trinajstić information content (AvgIpc) is 2.62. The van der Waals surface area contributed by atoms with Crippen molar-refractivity contribution in [3.8, 4) is 5.75 Å². The van der Waals surface area contributed by atoms with E-state index in [4.69, 9.17) is 19.3 Å². The molecule has 0 bridgehead atoms. The van der Waals surface area contributed by atoms with Crippen molar-refractivity contribution in [1.82, 2.24) is 0 Å². The Labute approximate surface area is 163 Å². The van der Waals surface area contributed by atoms with E-state index in [1.807, 2.05) is 0 Å². The molecule has 0 aliphatic heterocycles. The Kier molecular flexibility index (Phi) is 9.75. The van der Waals surface area contributed by atoms with Gasteiger partial charge >= 0.3 is 5.97 Å². The number of carbonyl (C=O) groups excluding carboxylic acids is 2. The van der Waals surface area contributed by atoms with Crippen molar-refractivity contribution in [3.63, 3.8) is 0 Å². The van der Waals surface area contributed by atoms with Gasteiger partial charge in [0.05, 0.1) is 18.1 Å². The zero-order valence-corrected chi connectivity index (χ0v) is 16.6. The van der Waals surface area contributed by atoms with Crippen LogP contribution in [0.5, 0.6) is 5.75 Å². The quantitative estimate of drug-likeness (QED) is 0.309. The third-order valence-corrected chi connectivity index (χ3v) is 4.17. The lowest BCUT2D eigenvalue weighted by molar-refractivity contribution is -0.173. The fourth-order valence-electron chi connectivity index (χ4n) is 2.75. The Morgan fingerprint density at radius 3 is 2.25 bits per heavy atom. The van der Waals surface area contributed by atoms with Crippen LogP contribution in [0, 0.1) is 18.7 Å². The second-order valence-electron chi connectivity index (χ2n) is 6.15. The number of carboxylic acids is 1. The highest BCUT2D eigenvalue weighted by Crippen LogP contribution is 2.26. The van der Waals surface area contributed by atoms with Crippen LogP contribution in [0.1, 0.15) is 49.5 Å². The summed E-state index contributed by atoms with van der Waals surface area (Å²) < 4.78 is 29.9. The molecule has 0 heterocycles. The van der Waals surface area contributed by atoms with E-state index in [-0.39, 0.29) is 55.3 Å². The lowest BCUT2D eigenvalue weighted by atomic mass is 9.94. The molecule has 0 amide bonds. The zero-order chi connectivity index (χ0) is 21.3. The summed E-state index contributed by atoms with van der Waals surface area (Å²) in [6.07, 6.45) is -0.627. The molecule has 0 fully saturated rings. The summed E-state index contributed by atoms with van der Waals surface area (Å²) in [5.41, 5.74) is 0.129. The van der Waals surface area contributed by atoms with E-state index in [2.05, 4.69) is 0 Å². The first-order valence-corrected chi connectivity index (χ1v) is 9.17. The third kappa shape index (κ3) is 6.38. The van der Waals surface area contributed by atoms with Gasteiger partial charge in [-0.05, 0) is 52.7 Å². The molecular weight excluding hydrogens is 371 g/mol. The summed E-state index contributed by atoms with van der Waals surface area (Å²) in [5.74, 6) is -3.68. The number of Topliss-reactive ketones (excluding diaryl/α,β-unsaturated/α-hetero) is 2. The predicted octanol–water partition coefficient (Wildman–Crippen LogP) is 3.16. The molecule has 8 heteroatoms. The Morgan fingerprint density at radius 1 is 1.14 bits per heavy atom. The van der Waals surface area contributed by atoms with E-state index in [1.165, 1.54) is 19.9 Å². The highest BCUT2D eigenvalue weighted by molar-refractivity contribution is 6.02. The number of carbonyl (C=O) groups is 3. The molecule has 1 atom stereocenters. The van der Waals surface area contributed by atoms with Gasteiger partial charge in [0.1, 0.15) is 5.78 Å².